The van der Waals surface area contributed by atoms with Crippen LogP contribution in [-0.2, 0) is 0 Å². The van der Waals surface area contributed by atoms with Crippen LogP contribution >= 0.6 is 0 Å². The molecule has 0 aromatic heterocycles. The Balaban J connectivity index is 2.05. The molecule has 0 N–H and O–H groups in total. The third-order valence-corrected chi connectivity index (χ3v) is 3.16. The Bertz CT molecular complexity index is 332. The van der Waals surface area contributed by atoms with Crippen LogP contribution in [0.1, 0.15) is 58.3 Å². The molecule has 0 radical (unpaired) electrons. The van der Waals surface area contributed by atoms with Crippen molar-refractivity contribution in [1.29, 1.82) is 0 Å². The van der Waals surface area contributed by atoms with Gasteiger partial charge in [-0.25, -0.2) is 8.78 Å². The van der Waals surface area contributed by atoms with E-state index >= 15 is 0 Å². The van der Waals surface area contributed by atoms with Crippen LogP contribution in [-0.4, -0.2) is 6.61 Å². The average molecular weight is 270 g/mol. The predicted molar refractivity (Wildman–Crippen MR) is 74.5 cm³/mol. The number of rotatable bonds is 10. The van der Waals surface area contributed by atoms with Crippen molar-refractivity contribution in [2.24, 2.45) is 0 Å². The van der Waals surface area contributed by atoms with Gasteiger partial charge in [-0.15, -0.1) is 0 Å². The molecule has 1 nitrogen and oxygen atoms in total. The third kappa shape index (κ3) is 6.55. The summed E-state index contributed by atoms with van der Waals surface area (Å²) in [5.74, 6) is -1.50. The van der Waals surface area contributed by atoms with E-state index in [1.807, 2.05) is 0 Å². The van der Waals surface area contributed by atoms with E-state index < -0.39 is 11.6 Å². The van der Waals surface area contributed by atoms with Gasteiger partial charge in [-0.05, 0) is 18.6 Å². The van der Waals surface area contributed by atoms with Crippen molar-refractivity contribution in [3.8, 4) is 5.75 Å². The molecule has 0 aliphatic rings. The van der Waals surface area contributed by atoms with Crippen LogP contribution in [0.15, 0.2) is 18.2 Å². The van der Waals surface area contributed by atoms with Crippen molar-refractivity contribution < 1.29 is 13.5 Å². The number of halogens is 2. The molecule has 1 aromatic carbocycles. The quantitative estimate of drug-likeness (QED) is 0.511. The summed E-state index contributed by atoms with van der Waals surface area (Å²) in [5, 5.41) is 0. The molecule has 0 aliphatic heterocycles. The summed E-state index contributed by atoms with van der Waals surface area (Å²) in [6, 6.07) is 3.77. The molecular formula is C16H24F2O. The molecule has 1 rings (SSSR count). The van der Waals surface area contributed by atoms with E-state index in [9.17, 15) is 8.78 Å². The number of benzene rings is 1. The monoisotopic (exact) mass is 270 g/mol. The molecule has 19 heavy (non-hydrogen) atoms. The fraction of sp³-hybridized carbons (Fsp3) is 0.625. The van der Waals surface area contributed by atoms with E-state index in [1.165, 1.54) is 56.7 Å². The van der Waals surface area contributed by atoms with Gasteiger partial charge in [0.25, 0.3) is 0 Å². The van der Waals surface area contributed by atoms with Crippen LogP contribution < -0.4 is 4.74 Å². The molecule has 0 amide bonds. The van der Waals surface area contributed by atoms with Crippen molar-refractivity contribution in [1.82, 2.24) is 0 Å². The molecule has 108 valence electrons. The van der Waals surface area contributed by atoms with Crippen LogP contribution in [0.25, 0.3) is 0 Å². The second-order valence-corrected chi connectivity index (χ2v) is 4.87. The molecule has 0 fully saturated rings. The van der Waals surface area contributed by atoms with E-state index in [1.54, 1.807) is 0 Å². The molecular weight excluding hydrogens is 246 g/mol. The number of ether oxygens (including phenoxy) is 1. The Morgan fingerprint density at radius 2 is 1.37 bits per heavy atom. The standard InChI is InChI=1S/C16H24F2O/c1-2-3-4-5-6-7-8-9-13-19-16-14(17)11-10-12-15(16)18/h10-12H,2-9,13H2,1H3. The SMILES string of the molecule is CCCCCCCCCCOc1c(F)cccc1F. The maximum atomic E-state index is 13.2. The molecule has 0 spiro atoms. The highest BCUT2D eigenvalue weighted by atomic mass is 19.1. The maximum absolute atomic E-state index is 13.2. The molecule has 0 atom stereocenters. The summed E-state index contributed by atoms with van der Waals surface area (Å²) in [5.41, 5.74) is 0. The summed E-state index contributed by atoms with van der Waals surface area (Å²) in [4.78, 5) is 0. The first-order valence-electron chi connectivity index (χ1n) is 7.32. The predicted octanol–water partition coefficient (Wildman–Crippen LogP) is 5.48. The zero-order valence-corrected chi connectivity index (χ0v) is 11.8. The topological polar surface area (TPSA) is 9.23 Å². The van der Waals surface area contributed by atoms with E-state index in [4.69, 9.17) is 4.74 Å². The molecule has 0 bridgehead atoms. The Labute approximate surface area is 115 Å². The van der Waals surface area contributed by atoms with Crippen molar-refractivity contribution in [2.45, 2.75) is 58.3 Å². The first-order chi connectivity index (χ1) is 9.25. The van der Waals surface area contributed by atoms with Gasteiger partial charge in [-0.1, -0.05) is 57.9 Å². The van der Waals surface area contributed by atoms with E-state index in [0.29, 0.717) is 6.61 Å². The van der Waals surface area contributed by atoms with Gasteiger partial charge in [-0.3, -0.25) is 0 Å². The minimum atomic E-state index is -0.625. The van der Waals surface area contributed by atoms with Gasteiger partial charge in [0.15, 0.2) is 17.4 Å². The zero-order valence-electron chi connectivity index (χ0n) is 11.8. The molecule has 0 unspecified atom stereocenters. The molecule has 1 aromatic rings. The first kappa shape index (κ1) is 15.9. The Hall–Kier alpha value is -1.12. The third-order valence-electron chi connectivity index (χ3n) is 3.16. The highest BCUT2D eigenvalue weighted by molar-refractivity contribution is 5.25. The number of hydrogen-bond donors (Lipinski definition) is 0. The maximum Gasteiger partial charge on any atom is 0.190 e. The van der Waals surface area contributed by atoms with Crippen LogP contribution in [0.5, 0.6) is 5.75 Å². The van der Waals surface area contributed by atoms with Crippen molar-refractivity contribution >= 4 is 0 Å². The van der Waals surface area contributed by atoms with Gasteiger partial charge in [-0.2, -0.15) is 0 Å². The smallest absolute Gasteiger partial charge is 0.190 e. The van der Waals surface area contributed by atoms with Crippen LogP contribution in [0.4, 0.5) is 8.78 Å². The molecule has 0 saturated carbocycles. The normalized spacial score (nSPS) is 10.7. The van der Waals surface area contributed by atoms with Crippen LogP contribution in [0.2, 0.25) is 0 Å². The minimum Gasteiger partial charge on any atom is -0.488 e. The number of para-hydroxylation sites is 1. The highest BCUT2D eigenvalue weighted by Gasteiger charge is 2.08. The van der Waals surface area contributed by atoms with Crippen LogP contribution in [0, 0.1) is 11.6 Å². The molecule has 0 heterocycles. The lowest BCUT2D eigenvalue weighted by atomic mass is 10.1. The average Bonchev–Trinajstić information content (AvgIpc) is 2.40. The van der Waals surface area contributed by atoms with Gasteiger partial charge in [0.05, 0.1) is 6.61 Å². The summed E-state index contributed by atoms with van der Waals surface area (Å²) in [7, 11) is 0. The van der Waals surface area contributed by atoms with Gasteiger partial charge in [0.1, 0.15) is 0 Å². The van der Waals surface area contributed by atoms with E-state index in [0.717, 1.165) is 12.8 Å². The van der Waals surface area contributed by atoms with Gasteiger partial charge in [0.2, 0.25) is 0 Å². The van der Waals surface area contributed by atoms with Gasteiger partial charge < -0.3 is 4.74 Å². The highest BCUT2D eigenvalue weighted by Crippen LogP contribution is 2.21. The lowest BCUT2D eigenvalue weighted by molar-refractivity contribution is 0.275. The van der Waals surface area contributed by atoms with Gasteiger partial charge >= 0.3 is 0 Å². The lowest BCUT2D eigenvalue weighted by Gasteiger charge is -2.07. The first-order valence-corrected chi connectivity index (χ1v) is 7.32. The summed E-state index contributed by atoms with van der Waals surface area (Å²) in [6.45, 7) is 2.59. The number of hydrogen-bond acceptors (Lipinski definition) is 1. The number of unbranched alkanes of at least 4 members (excludes halogenated alkanes) is 7. The molecule has 3 heteroatoms. The van der Waals surface area contributed by atoms with Crippen molar-refractivity contribution in [2.75, 3.05) is 6.61 Å². The van der Waals surface area contributed by atoms with E-state index in [-0.39, 0.29) is 5.75 Å². The fourth-order valence-corrected chi connectivity index (χ4v) is 2.03. The fourth-order valence-electron chi connectivity index (χ4n) is 2.03. The molecule has 0 saturated heterocycles. The Morgan fingerprint density at radius 1 is 0.842 bits per heavy atom. The minimum absolute atomic E-state index is 0.245. The van der Waals surface area contributed by atoms with Crippen molar-refractivity contribution in [3.63, 3.8) is 0 Å². The summed E-state index contributed by atoms with van der Waals surface area (Å²) < 4.78 is 31.6. The van der Waals surface area contributed by atoms with Crippen LogP contribution in [0.3, 0.4) is 0 Å². The van der Waals surface area contributed by atoms with E-state index in [2.05, 4.69) is 6.92 Å². The van der Waals surface area contributed by atoms with Crippen molar-refractivity contribution in [3.05, 3.63) is 29.8 Å². The second-order valence-electron chi connectivity index (χ2n) is 4.87. The lowest BCUT2D eigenvalue weighted by Crippen LogP contribution is -2.01. The Morgan fingerprint density at radius 3 is 1.95 bits per heavy atom. The second kappa shape index (κ2) is 9.76. The zero-order chi connectivity index (χ0) is 13.9. The molecule has 0 aliphatic carbocycles. The van der Waals surface area contributed by atoms with Gasteiger partial charge in [0, 0.05) is 0 Å². The summed E-state index contributed by atoms with van der Waals surface area (Å²) in [6.07, 6.45) is 9.51. The largest absolute Gasteiger partial charge is 0.488 e. The summed E-state index contributed by atoms with van der Waals surface area (Å²) >= 11 is 0. The Kier molecular flexibility index (Phi) is 8.19.